The lowest BCUT2D eigenvalue weighted by Crippen LogP contribution is -2.51. The van der Waals surface area contributed by atoms with Crippen molar-refractivity contribution in [3.63, 3.8) is 0 Å². The number of halogens is 4. The van der Waals surface area contributed by atoms with Crippen LogP contribution in [0.1, 0.15) is 5.01 Å². The van der Waals surface area contributed by atoms with Crippen molar-refractivity contribution in [3.8, 4) is 0 Å². The van der Waals surface area contributed by atoms with Gasteiger partial charge in [-0.2, -0.15) is 13.3 Å². The summed E-state index contributed by atoms with van der Waals surface area (Å²) in [6.45, 7) is 0. The van der Waals surface area contributed by atoms with Gasteiger partial charge in [0.25, 0.3) is 0 Å². The quantitative estimate of drug-likeness (QED) is 0.681. The van der Waals surface area contributed by atoms with Crippen LogP contribution in [-0.2, 0) is 5.92 Å². The number of alkyl halides is 4. The number of quaternary nitrogens is 1. The molecule has 1 N–H and O–H groups in total. The topological polar surface area (TPSA) is 54.9 Å². The first kappa shape index (κ1) is 14.8. The highest BCUT2D eigenvalue weighted by molar-refractivity contribution is 7.15. The number of nitrogens with one attached hydrogen (secondary N) is 1. The highest BCUT2D eigenvalue weighted by Gasteiger charge is 2.48. The van der Waals surface area contributed by atoms with Gasteiger partial charge in [-0.25, -0.2) is 13.6 Å². The summed E-state index contributed by atoms with van der Waals surface area (Å²) >= 11 is 0.278. The van der Waals surface area contributed by atoms with Crippen molar-refractivity contribution < 1.29 is 22.4 Å². The summed E-state index contributed by atoms with van der Waals surface area (Å²) in [5.41, 5.74) is 0. The van der Waals surface area contributed by atoms with Crippen molar-refractivity contribution in [2.45, 2.75) is 12.3 Å². The number of carbonyl (C=O) groups excluding carboxylic acids is 1. The third-order valence-electron chi connectivity index (χ3n) is 2.17. The number of nitrogens with zero attached hydrogens (tertiary/aromatic N) is 3. The largest absolute Gasteiger partial charge is 0.423 e. The normalized spacial score (nSPS) is 12.9. The van der Waals surface area contributed by atoms with E-state index in [1.54, 1.807) is 0 Å². The van der Waals surface area contributed by atoms with Crippen LogP contribution in [0.5, 0.6) is 0 Å². The van der Waals surface area contributed by atoms with Gasteiger partial charge in [-0.05, 0) is 11.3 Å². The fourth-order valence-electron chi connectivity index (χ4n) is 1.04. The fraction of sp³-hybridized carbons (Fsp3) is 0.625. The maximum atomic E-state index is 13.0. The molecule has 1 rings (SSSR count). The molecule has 0 spiro atoms. The van der Waals surface area contributed by atoms with Gasteiger partial charge in [0.2, 0.25) is 0 Å². The Labute approximate surface area is 104 Å². The Morgan fingerprint density at radius 2 is 1.94 bits per heavy atom. The Kier molecular flexibility index (Phi) is 3.91. The Morgan fingerprint density at radius 3 is 2.39 bits per heavy atom. The molecule has 0 saturated heterocycles. The summed E-state index contributed by atoms with van der Waals surface area (Å²) in [7, 11) is 4.12. The average Bonchev–Trinajstić information content (AvgIpc) is 2.77. The van der Waals surface area contributed by atoms with Gasteiger partial charge in [-0.1, -0.05) is 5.10 Å². The van der Waals surface area contributed by atoms with Gasteiger partial charge in [-0.15, -0.1) is 5.10 Å². The van der Waals surface area contributed by atoms with E-state index in [1.807, 2.05) is 0 Å². The number of aromatic nitrogens is 2. The average molecular weight is 287 g/mol. The highest BCUT2D eigenvalue weighted by atomic mass is 32.1. The van der Waals surface area contributed by atoms with E-state index >= 15 is 0 Å². The van der Waals surface area contributed by atoms with Crippen LogP contribution in [0.4, 0.5) is 27.5 Å². The molecule has 0 saturated carbocycles. The van der Waals surface area contributed by atoms with Crippen LogP contribution in [-0.4, -0.2) is 43.8 Å². The number of rotatable bonds is 3. The van der Waals surface area contributed by atoms with Crippen LogP contribution in [0.2, 0.25) is 0 Å². The molecule has 0 unspecified atom stereocenters. The molecule has 0 aromatic carbocycles. The maximum absolute atomic E-state index is 13.0. The minimum atomic E-state index is -4.36. The van der Waals surface area contributed by atoms with Crippen LogP contribution in [0, 0.1) is 0 Å². The fourth-order valence-corrected chi connectivity index (χ4v) is 1.91. The first-order valence-corrected chi connectivity index (χ1v) is 5.52. The third-order valence-corrected chi connectivity index (χ3v) is 3.44. The summed E-state index contributed by atoms with van der Waals surface area (Å²) in [4.78, 5) is 11.5. The van der Waals surface area contributed by atoms with Gasteiger partial charge in [0.15, 0.2) is 5.01 Å². The standard InChI is InChI=1S/C8H10F4N4OS/c1-13-6(17)16(2,3)7-15-14-5(18-7)8(11,12)4(9)10/h4H,1-3H3/p+1. The molecular formula is C8H11F4N4OS+. The molecule has 18 heavy (non-hydrogen) atoms. The smallest absolute Gasteiger partial charge is 0.308 e. The van der Waals surface area contributed by atoms with E-state index in [0.29, 0.717) is 0 Å². The highest BCUT2D eigenvalue weighted by Crippen LogP contribution is 2.38. The summed E-state index contributed by atoms with van der Waals surface area (Å²) in [6, 6.07) is -0.530. The Bertz CT molecular complexity index is 448. The van der Waals surface area contributed by atoms with Gasteiger partial charge in [0, 0.05) is 7.05 Å². The summed E-state index contributed by atoms with van der Waals surface area (Å²) in [5, 5.41) is 7.50. The molecule has 1 heterocycles. The third kappa shape index (κ3) is 2.43. The zero-order chi connectivity index (χ0) is 14.1. The van der Waals surface area contributed by atoms with Crippen molar-refractivity contribution in [1.82, 2.24) is 20.0 Å². The van der Waals surface area contributed by atoms with E-state index in [2.05, 4.69) is 15.5 Å². The lowest BCUT2D eigenvalue weighted by molar-refractivity contribution is -0.135. The van der Waals surface area contributed by atoms with E-state index in [4.69, 9.17) is 0 Å². The summed E-state index contributed by atoms with van der Waals surface area (Å²) in [6.07, 6.45) is -3.87. The lowest BCUT2D eigenvalue weighted by Gasteiger charge is -2.21. The van der Waals surface area contributed by atoms with E-state index in [-0.39, 0.29) is 16.5 Å². The van der Waals surface area contributed by atoms with E-state index < -0.39 is 27.9 Å². The molecule has 0 aliphatic carbocycles. The monoisotopic (exact) mass is 287 g/mol. The van der Waals surface area contributed by atoms with Crippen molar-refractivity contribution in [2.24, 2.45) is 0 Å². The van der Waals surface area contributed by atoms with Gasteiger partial charge in [0.05, 0.1) is 14.1 Å². The SMILES string of the molecule is CNC(=O)[N+](C)(C)c1nnc(C(F)(F)C(F)F)s1. The number of amides is 2. The van der Waals surface area contributed by atoms with Gasteiger partial charge >= 0.3 is 23.5 Å². The molecule has 0 bridgehead atoms. The molecule has 1 aromatic rings. The van der Waals surface area contributed by atoms with Gasteiger partial charge in [-0.3, -0.25) is 0 Å². The number of carbonyl (C=O) groups is 1. The molecule has 1 aromatic heterocycles. The van der Waals surface area contributed by atoms with Gasteiger partial charge in [0.1, 0.15) is 0 Å². The second-order valence-electron chi connectivity index (χ2n) is 3.82. The second kappa shape index (κ2) is 4.76. The molecule has 0 aliphatic heterocycles. The Hall–Kier alpha value is -1.29. The van der Waals surface area contributed by atoms with Crippen molar-refractivity contribution in [3.05, 3.63) is 5.01 Å². The molecule has 0 fully saturated rings. The second-order valence-corrected chi connectivity index (χ2v) is 4.78. The molecule has 0 atom stereocenters. The van der Waals surface area contributed by atoms with E-state index in [9.17, 15) is 22.4 Å². The van der Waals surface area contributed by atoms with Crippen molar-refractivity contribution in [1.29, 1.82) is 0 Å². The predicted molar refractivity (Wildman–Crippen MR) is 57.9 cm³/mol. The molecule has 5 nitrogen and oxygen atoms in total. The molecule has 2 amide bonds. The zero-order valence-corrected chi connectivity index (χ0v) is 10.6. The predicted octanol–water partition coefficient (Wildman–Crippen LogP) is 1.80. The minimum absolute atomic E-state index is 0.107. The minimum Gasteiger partial charge on any atom is -0.308 e. The van der Waals surface area contributed by atoms with Crippen LogP contribution in [0.15, 0.2) is 0 Å². The zero-order valence-electron chi connectivity index (χ0n) is 9.75. The van der Waals surface area contributed by atoms with Crippen LogP contribution < -0.4 is 9.80 Å². The Balaban J connectivity index is 3.11. The van der Waals surface area contributed by atoms with Crippen LogP contribution >= 0.6 is 11.3 Å². The molecule has 102 valence electrons. The van der Waals surface area contributed by atoms with Crippen LogP contribution in [0.25, 0.3) is 0 Å². The summed E-state index contributed by atoms with van der Waals surface area (Å²) in [5.74, 6) is -4.36. The number of urea groups is 1. The lowest BCUT2D eigenvalue weighted by atomic mass is 10.4. The number of hydrogen-bond donors (Lipinski definition) is 1. The Morgan fingerprint density at radius 1 is 1.39 bits per heavy atom. The molecule has 0 aliphatic rings. The van der Waals surface area contributed by atoms with E-state index in [1.165, 1.54) is 21.1 Å². The van der Waals surface area contributed by atoms with Crippen LogP contribution in [0.3, 0.4) is 0 Å². The molecule has 10 heteroatoms. The molecular weight excluding hydrogens is 276 g/mol. The van der Waals surface area contributed by atoms with Crippen molar-refractivity contribution in [2.75, 3.05) is 21.1 Å². The first-order chi connectivity index (χ1) is 8.14. The molecule has 0 radical (unpaired) electrons. The number of hydrogen-bond acceptors (Lipinski definition) is 4. The maximum Gasteiger partial charge on any atom is 0.423 e. The van der Waals surface area contributed by atoms with E-state index in [0.717, 1.165) is 0 Å². The van der Waals surface area contributed by atoms with Crippen molar-refractivity contribution >= 4 is 22.5 Å². The van der Waals surface area contributed by atoms with Gasteiger partial charge < -0.3 is 5.32 Å². The summed E-state index contributed by atoms with van der Waals surface area (Å²) < 4.78 is 49.8. The first-order valence-electron chi connectivity index (χ1n) is 4.70.